The number of benzene rings is 3. The van der Waals surface area contributed by atoms with Crippen LogP contribution in [0.3, 0.4) is 0 Å². The van der Waals surface area contributed by atoms with E-state index in [2.05, 4.69) is 32.1 Å². The van der Waals surface area contributed by atoms with Crippen LogP contribution in [0.4, 0.5) is 5.69 Å². The van der Waals surface area contributed by atoms with E-state index >= 15 is 0 Å². The highest BCUT2D eigenvalue weighted by Gasteiger charge is 2.19. The molecule has 186 valence electrons. The Morgan fingerprint density at radius 2 is 1.64 bits per heavy atom. The van der Waals surface area contributed by atoms with E-state index in [1.807, 2.05) is 61.5 Å². The molecule has 7 nitrogen and oxygen atoms in total. The number of ether oxygens (including phenoxy) is 2. The Morgan fingerprint density at radius 3 is 2.33 bits per heavy atom. The number of phenols is 1. The summed E-state index contributed by atoms with van der Waals surface area (Å²) in [5, 5.41) is 18.3. The number of nitrogens with one attached hydrogen (secondary N) is 1. The summed E-state index contributed by atoms with van der Waals surface area (Å²) < 4.78 is 11.2. The van der Waals surface area contributed by atoms with Gasteiger partial charge in [0.15, 0.2) is 0 Å². The van der Waals surface area contributed by atoms with Crippen LogP contribution in [0.15, 0.2) is 72.8 Å². The molecule has 36 heavy (non-hydrogen) atoms. The summed E-state index contributed by atoms with van der Waals surface area (Å²) in [6, 6.07) is 23.8. The lowest BCUT2D eigenvalue weighted by molar-refractivity contribution is 0.200. The van der Waals surface area contributed by atoms with Crippen molar-refractivity contribution in [3.63, 3.8) is 0 Å². The molecular formula is C29H32N4O3. The second kappa shape index (κ2) is 10.7. The van der Waals surface area contributed by atoms with E-state index < -0.39 is 0 Å². The van der Waals surface area contributed by atoms with E-state index in [0.717, 1.165) is 61.0 Å². The molecule has 5 rings (SSSR count). The molecule has 1 saturated heterocycles. The molecule has 0 radical (unpaired) electrons. The quantitative estimate of drug-likeness (QED) is 0.368. The first-order valence-electron chi connectivity index (χ1n) is 12.3. The van der Waals surface area contributed by atoms with Crippen LogP contribution < -0.4 is 14.4 Å². The molecule has 0 saturated carbocycles. The largest absolute Gasteiger partial charge is 0.507 e. The number of aryl methyl sites for hydroxylation is 1. The van der Waals surface area contributed by atoms with E-state index in [1.165, 1.54) is 5.69 Å². The van der Waals surface area contributed by atoms with Gasteiger partial charge in [-0.1, -0.05) is 30.3 Å². The predicted octanol–water partition coefficient (Wildman–Crippen LogP) is 4.97. The highest BCUT2D eigenvalue weighted by molar-refractivity contribution is 5.85. The Kier molecular flexibility index (Phi) is 7.09. The first kappa shape index (κ1) is 23.8. The Labute approximate surface area is 211 Å². The van der Waals surface area contributed by atoms with Gasteiger partial charge in [-0.3, -0.25) is 10.00 Å². The number of piperazine rings is 1. The summed E-state index contributed by atoms with van der Waals surface area (Å²) in [6.07, 6.45) is 0. The zero-order valence-electron chi connectivity index (χ0n) is 20.8. The molecule has 7 heteroatoms. The van der Waals surface area contributed by atoms with Crippen molar-refractivity contribution in [2.45, 2.75) is 6.92 Å². The number of anilines is 1. The van der Waals surface area contributed by atoms with E-state index in [0.29, 0.717) is 17.9 Å². The Hall–Kier alpha value is -3.97. The maximum absolute atomic E-state index is 10.8. The monoisotopic (exact) mass is 484 g/mol. The number of rotatable bonds is 8. The molecule has 0 unspecified atom stereocenters. The Bertz CT molecular complexity index is 1280. The maximum atomic E-state index is 10.8. The topological polar surface area (TPSA) is 73.8 Å². The third kappa shape index (κ3) is 5.16. The van der Waals surface area contributed by atoms with Crippen LogP contribution in [0.2, 0.25) is 0 Å². The standard InChI is InChI=1S/C29H32N4O3/c1-21-28(22-6-4-3-5-7-22)29(31-30-21)26-13-12-25(20-27(26)34)36-19-18-32-14-16-33(17-15-32)23-8-10-24(35-2)11-9-23/h3-13,20,34H,14-19H2,1-2H3,(H,30,31). The maximum Gasteiger partial charge on any atom is 0.128 e. The number of methoxy groups -OCH3 is 1. The molecule has 4 aromatic rings. The lowest BCUT2D eigenvalue weighted by atomic mass is 9.99. The fraction of sp³-hybridized carbons (Fsp3) is 0.276. The van der Waals surface area contributed by atoms with Gasteiger partial charge in [-0.25, -0.2) is 0 Å². The van der Waals surface area contributed by atoms with E-state index in [9.17, 15) is 5.11 Å². The zero-order chi connectivity index (χ0) is 24.9. The van der Waals surface area contributed by atoms with Crippen molar-refractivity contribution in [3.8, 4) is 39.6 Å². The second-order valence-electron chi connectivity index (χ2n) is 8.99. The molecule has 0 atom stereocenters. The lowest BCUT2D eigenvalue weighted by Crippen LogP contribution is -2.47. The van der Waals surface area contributed by atoms with Gasteiger partial charge in [-0.2, -0.15) is 5.10 Å². The van der Waals surface area contributed by atoms with Crippen LogP contribution in [-0.4, -0.2) is 66.6 Å². The SMILES string of the molecule is COc1ccc(N2CCN(CCOc3ccc(-c4n[nH]c(C)c4-c4ccccc4)c(O)c3)CC2)cc1. The lowest BCUT2D eigenvalue weighted by Gasteiger charge is -2.36. The summed E-state index contributed by atoms with van der Waals surface area (Å²) in [5.41, 5.74) is 5.66. The molecule has 1 fully saturated rings. The molecule has 2 N–H and O–H groups in total. The molecule has 1 aromatic heterocycles. The highest BCUT2D eigenvalue weighted by atomic mass is 16.5. The average molecular weight is 485 g/mol. The van der Waals surface area contributed by atoms with Crippen LogP contribution in [0, 0.1) is 6.92 Å². The molecule has 0 bridgehead atoms. The molecule has 1 aliphatic heterocycles. The third-order valence-electron chi connectivity index (χ3n) is 6.72. The smallest absolute Gasteiger partial charge is 0.128 e. The van der Waals surface area contributed by atoms with Crippen LogP contribution in [0.5, 0.6) is 17.2 Å². The van der Waals surface area contributed by atoms with Gasteiger partial charge in [0.05, 0.1) is 7.11 Å². The number of aromatic hydroxyl groups is 1. The van der Waals surface area contributed by atoms with Crippen molar-refractivity contribution in [2.75, 3.05) is 51.3 Å². The van der Waals surface area contributed by atoms with Crippen molar-refractivity contribution in [2.24, 2.45) is 0 Å². The van der Waals surface area contributed by atoms with Crippen molar-refractivity contribution < 1.29 is 14.6 Å². The minimum atomic E-state index is 0.157. The van der Waals surface area contributed by atoms with Crippen molar-refractivity contribution in [3.05, 3.63) is 78.5 Å². The molecule has 2 heterocycles. The summed E-state index contributed by atoms with van der Waals surface area (Å²) in [7, 11) is 1.69. The number of phenolic OH excluding ortho intramolecular Hbond substituents is 1. The molecule has 0 spiro atoms. The van der Waals surface area contributed by atoms with Gasteiger partial charge in [-0.15, -0.1) is 0 Å². The van der Waals surface area contributed by atoms with Gasteiger partial charge in [0.25, 0.3) is 0 Å². The first-order valence-corrected chi connectivity index (χ1v) is 12.3. The molecule has 0 amide bonds. The Balaban J connectivity index is 1.16. The average Bonchev–Trinajstić information content (AvgIpc) is 3.30. The van der Waals surface area contributed by atoms with Crippen molar-refractivity contribution in [1.29, 1.82) is 0 Å². The zero-order valence-corrected chi connectivity index (χ0v) is 20.8. The van der Waals surface area contributed by atoms with Gasteiger partial charge in [-0.05, 0) is 48.9 Å². The number of nitrogens with zero attached hydrogens (tertiary/aromatic N) is 3. The van der Waals surface area contributed by atoms with Gasteiger partial charge in [0.2, 0.25) is 0 Å². The number of hydrogen-bond acceptors (Lipinski definition) is 6. The summed E-state index contributed by atoms with van der Waals surface area (Å²) in [4.78, 5) is 4.81. The fourth-order valence-corrected chi connectivity index (χ4v) is 4.70. The number of H-pyrrole nitrogens is 1. The van der Waals surface area contributed by atoms with Crippen molar-refractivity contribution in [1.82, 2.24) is 15.1 Å². The second-order valence-corrected chi connectivity index (χ2v) is 8.99. The van der Waals surface area contributed by atoms with E-state index in [1.54, 1.807) is 13.2 Å². The molecule has 0 aliphatic carbocycles. The number of hydrogen-bond donors (Lipinski definition) is 2. The van der Waals surface area contributed by atoms with Gasteiger partial charge in [0.1, 0.15) is 29.5 Å². The molecular weight excluding hydrogens is 452 g/mol. The summed E-state index contributed by atoms with van der Waals surface area (Å²) in [6.45, 7) is 7.34. The molecule has 1 aliphatic rings. The summed E-state index contributed by atoms with van der Waals surface area (Å²) in [5.74, 6) is 1.69. The number of aromatic amines is 1. The normalized spacial score (nSPS) is 14.1. The van der Waals surface area contributed by atoms with Crippen LogP contribution in [0.1, 0.15) is 5.69 Å². The number of aromatic nitrogens is 2. The predicted molar refractivity (Wildman–Crippen MR) is 143 cm³/mol. The van der Waals surface area contributed by atoms with Crippen LogP contribution >= 0.6 is 0 Å². The van der Waals surface area contributed by atoms with Crippen LogP contribution in [0.25, 0.3) is 22.4 Å². The van der Waals surface area contributed by atoms with E-state index in [4.69, 9.17) is 9.47 Å². The summed E-state index contributed by atoms with van der Waals surface area (Å²) >= 11 is 0. The third-order valence-corrected chi connectivity index (χ3v) is 6.72. The van der Waals surface area contributed by atoms with Gasteiger partial charge >= 0.3 is 0 Å². The van der Waals surface area contributed by atoms with Gasteiger partial charge in [0, 0.05) is 61.3 Å². The minimum absolute atomic E-state index is 0.157. The first-order chi connectivity index (χ1) is 17.6. The van der Waals surface area contributed by atoms with Crippen LogP contribution in [-0.2, 0) is 0 Å². The Morgan fingerprint density at radius 1 is 0.917 bits per heavy atom. The van der Waals surface area contributed by atoms with Gasteiger partial charge < -0.3 is 19.5 Å². The minimum Gasteiger partial charge on any atom is -0.507 e. The highest BCUT2D eigenvalue weighted by Crippen LogP contribution is 2.38. The molecule has 3 aromatic carbocycles. The fourth-order valence-electron chi connectivity index (χ4n) is 4.70. The van der Waals surface area contributed by atoms with Crippen molar-refractivity contribution >= 4 is 5.69 Å². The van der Waals surface area contributed by atoms with E-state index in [-0.39, 0.29) is 5.75 Å².